The lowest BCUT2D eigenvalue weighted by atomic mass is 10.2. The third-order valence-electron chi connectivity index (χ3n) is 4.05. The Labute approximate surface area is 175 Å². The number of hydrogen-bond acceptors (Lipinski definition) is 4. The van der Waals surface area contributed by atoms with Crippen LogP contribution in [0.2, 0.25) is 5.02 Å². The summed E-state index contributed by atoms with van der Waals surface area (Å²) in [5, 5.41) is 3.39. The van der Waals surface area contributed by atoms with Gasteiger partial charge in [0.1, 0.15) is 5.25 Å². The lowest BCUT2D eigenvalue weighted by Gasteiger charge is -2.28. The van der Waals surface area contributed by atoms with Gasteiger partial charge < -0.3 is 5.32 Å². The maximum Gasteiger partial charge on any atom is 0.238 e. The topological polar surface area (TPSA) is 61.8 Å². The van der Waals surface area contributed by atoms with Gasteiger partial charge in [-0.3, -0.25) is 14.5 Å². The Bertz CT molecular complexity index is 918. The molecule has 1 heterocycles. The Morgan fingerprint density at radius 1 is 1.30 bits per heavy atom. The maximum absolute atomic E-state index is 12.6. The van der Waals surface area contributed by atoms with Crippen molar-refractivity contribution in [3.63, 3.8) is 0 Å². The fraction of sp³-hybridized carbons (Fsp3) is 0.211. The number of amides is 2. The van der Waals surface area contributed by atoms with E-state index in [0.717, 1.165) is 10.0 Å². The van der Waals surface area contributed by atoms with E-state index in [2.05, 4.69) is 26.2 Å². The zero-order valence-electron chi connectivity index (χ0n) is 14.7. The van der Waals surface area contributed by atoms with Gasteiger partial charge in [0.2, 0.25) is 11.8 Å². The van der Waals surface area contributed by atoms with Gasteiger partial charge in [-0.25, -0.2) is 4.99 Å². The molecule has 2 aromatic carbocycles. The van der Waals surface area contributed by atoms with E-state index >= 15 is 0 Å². The molecule has 0 spiro atoms. The van der Waals surface area contributed by atoms with Crippen LogP contribution < -0.4 is 5.32 Å². The number of nitrogens with one attached hydrogen (secondary N) is 1. The first-order valence-electron chi connectivity index (χ1n) is 8.18. The average Bonchev–Trinajstić information content (AvgIpc) is 2.63. The van der Waals surface area contributed by atoms with E-state index in [9.17, 15) is 9.59 Å². The second-order valence-corrected chi connectivity index (χ2v) is 8.58. The smallest absolute Gasteiger partial charge is 0.238 e. The Morgan fingerprint density at radius 2 is 2.00 bits per heavy atom. The molecule has 0 aromatic heterocycles. The number of halogens is 2. The molecule has 0 radical (unpaired) electrons. The van der Waals surface area contributed by atoms with Gasteiger partial charge in [0.05, 0.1) is 5.69 Å². The molecule has 0 unspecified atom stereocenters. The number of benzene rings is 2. The number of amidine groups is 1. The van der Waals surface area contributed by atoms with Crippen molar-refractivity contribution in [2.45, 2.75) is 18.6 Å². The minimum Gasteiger partial charge on any atom is -0.325 e. The van der Waals surface area contributed by atoms with Crippen LogP contribution in [0.3, 0.4) is 0 Å². The molecule has 8 heteroatoms. The van der Waals surface area contributed by atoms with E-state index in [0.29, 0.717) is 21.6 Å². The number of rotatable bonds is 3. The number of nitrogens with zero attached hydrogens (tertiary/aromatic N) is 2. The second-order valence-electron chi connectivity index (χ2n) is 6.09. The largest absolute Gasteiger partial charge is 0.325 e. The fourth-order valence-corrected chi connectivity index (χ4v) is 3.92. The number of aryl methyl sites for hydroxylation is 1. The minimum absolute atomic E-state index is 0.122. The molecule has 1 fully saturated rings. The van der Waals surface area contributed by atoms with Crippen LogP contribution in [0, 0.1) is 6.92 Å². The van der Waals surface area contributed by atoms with Gasteiger partial charge in [0.15, 0.2) is 5.17 Å². The third-order valence-corrected chi connectivity index (χ3v) is 6.23. The van der Waals surface area contributed by atoms with Crippen LogP contribution in [0.1, 0.15) is 12.0 Å². The van der Waals surface area contributed by atoms with E-state index in [1.54, 1.807) is 25.2 Å². The lowest BCUT2D eigenvalue weighted by Crippen LogP contribution is -2.43. The lowest BCUT2D eigenvalue weighted by molar-refractivity contribution is -0.128. The first kappa shape index (κ1) is 19.9. The van der Waals surface area contributed by atoms with Gasteiger partial charge in [0, 0.05) is 28.7 Å². The van der Waals surface area contributed by atoms with Gasteiger partial charge in [-0.2, -0.15) is 0 Å². The molecular formula is C19H17BrClN3O2S. The van der Waals surface area contributed by atoms with Gasteiger partial charge in [-0.05, 0) is 48.9 Å². The molecule has 1 aliphatic rings. The number of thioether (sulfide) groups is 1. The third kappa shape index (κ3) is 4.91. The highest BCUT2D eigenvalue weighted by Gasteiger charge is 2.34. The Hall–Kier alpha value is -1.83. The fourth-order valence-electron chi connectivity index (χ4n) is 2.42. The molecule has 2 amide bonds. The summed E-state index contributed by atoms with van der Waals surface area (Å²) in [5.74, 6) is -0.375. The van der Waals surface area contributed by atoms with Crippen molar-refractivity contribution in [3.05, 3.63) is 57.5 Å². The monoisotopic (exact) mass is 465 g/mol. The zero-order valence-corrected chi connectivity index (χ0v) is 17.9. The van der Waals surface area contributed by atoms with Crippen molar-refractivity contribution in [3.8, 4) is 0 Å². The highest BCUT2D eigenvalue weighted by atomic mass is 79.9. The molecule has 5 nitrogen and oxygen atoms in total. The van der Waals surface area contributed by atoms with Gasteiger partial charge in [-0.15, -0.1) is 0 Å². The Morgan fingerprint density at radius 3 is 2.67 bits per heavy atom. The molecule has 2 aromatic rings. The first-order chi connectivity index (χ1) is 12.8. The normalized spacial score (nSPS) is 18.7. The van der Waals surface area contributed by atoms with Crippen LogP contribution in [-0.4, -0.2) is 34.2 Å². The van der Waals surface area contributed by atoms with E-state index in [1.807, 2.05) is 31.2 Å². The summed E-state index contributed by atoms with van der Waals surface area (Å²) in [6, 6.07) is 12.7. The van der Waals surface area contributed by atoms with Crippen molar-refractivity contribution < 1.29 is 9.59 Å². The summed E-state index contributed by atoms with van der Waals surface area (Å²) in [7, 11) is 1.66. The summed E-state index contributed by atoms with van der Waals surface area (Å²) in [6.07, 6.45) is 0.122. The van der Waals surface area contributed by atoms with Crippen molar-refractivity contribution in [1.82, 2.24) is 4.90 Å². The number of hydrogen-bond donors (Lipinski definition) is 1. The number of carbonyl (C=O) groups excluding carboxylic acids is 2. The standard InChI is InChI=1S/C19H17BrClN3O2S/c1-11-3-6-14(9-15(11)21)23-19-24(2)17(25)10-16(27-19)18(26)22-13-7-4-12(20)5-8-13/h3-9,16H,10H2,1-2H3,(H,22,26)/t16-/m0/s1. The van der Waals surface area contributed by atoms with E-state index in [-0.39, 0.29) is 18.2 Å². The van der Waals surface area contributed by atoms with Crippen LogP contribution in [0.5, 0.6) is 0 Å². The number of carbonyl (C=O) groups is 2. The quantitative estimate of drug-likeness (QED) is 0.692. The van der Waals surface area contributed by atoms with E-state index < -0.39 is 5.25 Å². The number of aliphatic imine (C=N–C) groups is 1. The summed E-state index contributed by atoms with van der Waals surface area (Å²) in [6.45, 7) is 1.91. The van der Waals surface area contributed by atoms with Crippen LogP contribution in [-0.2, 0) is 9.59 Å². The van der Waals surface area contributed by atoms with Gasteiger partial charge >= 0.3 is 0 Å². The van der Waals surface area contributed by atoms with Crippen LogP contribution >= 0.6 is 39.3 Å². The highest BCUT2D eigenvalue weighted by Crippen LogP contribution is 2.30. The van der Waals surface area contributed by atoms with Gasteiger partial charge in [-0.1, -0.05) is 45.4 Å². The van der Waals surface area contributed by atoms with E-state index in [4.69, 9.17) is 11.6 Å². The summed E-state index contributed by atoms with van der Waals surface area (Å²) in [4.78, 5) is 30.9. The molecular weight excluding hydrogens is 450 g/mol. The predicted octanol–water partition coefficient (Wildman–Crippen LogP) is 5.00. The second kappa shape index (κ2) is 8.46. The molecule has 1 N–H and O–H groups in total. The Kier molecular flexibility index (Phi) is 6.24. The predicted molar refractivity (Wildman–Crippen MR) is 115 cm³/mol. The van der Waals surface area contributed by atoms with Crippen molar-refractivity contribution in [2.24, 2.45) is 4.99 Å². The van der Waals surface area contributed by atoms with Gasteiger partial charge in [0.25, 0.3) is 0 Å². The molecule has 0 bridgehead atoms. The van der Waals surface area contributed by atoms with Crippen LogP contribution in [0.4, 0.5) is 11.4 Å². The maximum atomic E-state index is 12.6. The summed E-state index contributed by atoms with van der Waals surface area (Å²) < 4.78 is 0.926. The van der Waals surface area contributed by atoms with Crippen molar-refractivity contribution in [1.29, 1.82) is 0 Å². The van der Waals surface area contributed by atoms with E-state index in [1.165, 1.54) is 16.7 Å². The van der Waals surface area contributed by atoms with Crippen LogP contribution in [0.25, 0.3) is 0 Å². The molecule has 0 saturated carbocycles. The Balaban J connectivity index is 1.78. The zero-order chi connectivity index (χ0) is 19.6. The van der Waals surface area contributed by atoms with Crippen molar-refractivity contribution >= 4 is 67.6 Å². The highest BCUT2D eigenvalue weighted by molar-refractivity contribution is 9.10. The first-order valence-corrected chi connectivity index (χ1v) is 10.2. The molecule has 1 saturated heterocycles. The molecule has 140 valence electrons. The molecule has 1 aliphatic heterocycles. The molecule has 3 rings (SSSR count). The van der Waals surface area contributed by atoms with Crippen molar-refractivity contribution in [2.75, 3.05) is 12.4 Å². The summed E-state index contributed by atoms with van der Waals surface area (Å²) >= 11 is 10.8. The van der Waals surface area contributed by atoms with Crippen LogP contribution in [0.15, 0.2) is 51.9 Å². The average molecular weight is 467 g/mol. The molecule has 0 aliphatic carbocycles. The molecule has 27 heavy (non-hydrogen) atoms. The molecule has 1 atom stereocenters. The minimum atomic E-state index is -0.544. The summed E-state index contributed by atoms with van der Waals surface area (Å²) in [5.41, 5.74) is 2.27. The number of anilines is 1. The SMILES string of the molecule is Cc1ccc(N=C2S[C@H](C(=O)Nc3ccc(Br)cc3)CC(=O)N2C)cc1Cl.